The van der Waals surface area contributed by atoms with Gasteiger partial charge in [0.05, 0.1) is 10.6 Å². The van der Waals surface area contributed by atoms with Gasteiger partial charge in [0.1, 0.15) is 12.6 Å². The van der Waals surface area contributed by atoms with Crippen molar-refractivity contribution in [3.63, 3.8) is 0 Å². The van der Waals surface area contributed by atoms with Gasteiger partial charge in [0.2, 0.25) is 11.8 Å². The molecule has 0 bridgehead atoms. The molecule has 0 aliphatic heterocycles. The molecule has 1 N–H and O–H groups in total. The van der Waals surface area contributed by atoms with Crippen LogP contribution in [0.15, 0.2) is 108 Å². The van der Waals surface area contributed by atoms with E-state index in [0.717, 1.165) is 21.0 Å². The molecule has 0 fully saturated rings. The average molecular weight is 604 g/mol. The van der Waals surface area contributed by atoms with Gasteiger partial charge in [-0.3, -0.25) is 13.9 Å². The lowest BCUT2D eigenvalue weighted by atomic mass is 10.0. The quantitative estimate of drug-likeness (QED) is 0.244. The molecule has 0 aliphatic rings. The first kappa shape index (κ1) is 30.8. The van der Waals surface area contributed by atoms with Gasteiger partial charge in [-0.2, -0.15) is 0 Å². The summed E-state index contributed by atoms with van der Waals surface area (Å²) in [6.07, 6.45) is 0.238. The van der Waals surface area contributed by atoms with E-state index in [9.17, 15) is 18.0 Å². The molecule has 0 saturated carbocycles. The third-order valence-corrected chi connectivity index (χ3v) is 9.22. The molecule has 0 unspecified atom stereocenters. The fraction of sp³-hybridized carbons (Fsp3) is 0.212. The van der Waals surface area contributed by atoms with Crippen LogP contribution < -0.4 is 9.62 Å². The van der Waals surface area contributed by atoms with Crippen molar-refractivity contribution >= 4 is 39.1 Å². The number of carbonyl (C=O) groups excluding carboxylic acids is 2. The highest BCUT2D eigenvalue weighted by Gasteiger charge is 2.34. The lowest BCUT2D eigenvalue weighted by molar-refractivity contribution is -0.139. The van der Waals surface area contributed by atoms with Gasteiger partial charge in [0.15, 0.2) is 0 Å². The Labute approximate surface area is 252 Å². The number of amides is 2. The van der Waals surface area contributed by atoms with E-state index >= 15 is 0 Å². The van der Waals surface area contributed by atoms with Gasteiger partial charge in [-0.25, -0.2) is 8.42 Å². The number of anilines is 1. The van der Waals surface area contributed by atoms with Gasteiger partial charge < -0.3 is 10.2 Å². The number of likely N-dealkylation sites (N-methyl/N-ethyl adjacent to an activating group) is 1. The van der Waals surface area contributed by atoms with Crippen molar-refractivity contribution in [2.75, 3.05) is 17.9 Å². The average Bonchev–Trinajstić information content (AvgIpc) is 2.99. The van der Waals surface area contributed by atoms with Crippen LogP contribution in [0.1, 0.15) is 22.3 Å². The van der Waals surface area contributed by atoms with E-state index in [1.807, 2.05) is 56.3 Å². The van der Waals surface area contributed by atoms with Crippen LogP contribution >= 0.6 is 11.6 Å². The van der Waals surface area contributed by atoms with Crippen molar-refractivity contribution in [3.8, 4) is 0 Å². The zero-order chi connectivity index (χ0) is 30.3. The van der Waals surface area contributed by atoms with Gasteiger partial charge in [0, 0.05) is 25.0 Å². The minimum absolute atomic E-state index is 0.0519. The zero-order valence-electron chi connectivity index (χ0n) is 23.8. The van der Waals surface area contributed by atoms with Gasteiger partial charge >= 0.3 is 0 Å². The second-order valence-electron chi connectivity index (χ2n) is 10.0. The number of sulfonamides is 1. The Hall–Kier alpha value is -4.14. The van der Waals surface area contributed by atoms with E-state index in [0.29, 0.717) is 16.3 Å². The maximum absolute atomic E-state index is 14.3. The number of rotatable bonds is 11. The molecule has 4 aromatic rings. The topological polar surface area (TPSA) is 86.8 Å². The van der Waals surface area contributed by atoms with Crippen LogP contribution in [0.4, 0.5) is 5.69 Å². The summed E-state index contributed by atoms with van der Waals surface area (Å²) in [6, 6.07) is 28.9. The minimum Gasteiger partial charge on any atom is -0.357 e. The molecule has 0 aliphatic carbocycles. The molecule has 0 heterocycles. The zero-order valence-corrected chi connectivity index (χ0v) is 25.4. The van der Waals surface area contributed by atoms with E-state index in [-0.39, 0.29) is 23.8 Å². The number of halogens is 1. The number of nitrogens with one attached hydrogen (secondary N) is 1. The molecule has 0 spiro atoms. The molecular formula is C33H34ClN3O4S. The molecule has 0 aromatic heterocycles. The van der Waals surface area contributed by atoms with Crippen LogP contribution in [-0.2, 0) is 32.6 Å². The first-order valence-electron chi connectivity index (χ1n) is 13.5. The van der Waals surface area contributed by atoms with Crippen molar-refractivity contribution in [1.82, 2.24) is 10.2 Å². The number of hydrogen-bond acceptors (Lipinski definition) is 4. The molecule has 7 nitrogen and oxygen atoms in total. The molecule has 1 atom stereocenters. The SMILES string of the molecule is CNC(=O)[C@@H](Cc1ccccc1)N(Cc1cccc(Cl)c1)C(=O)CN(c1cccc(C)c1C)S(=O)(=O)c1ccccc1. The monoisotopic (exact) mass is 603 g/mol. The van der Waals surface area contributed by atoms with E-state index in [2.05, 4.69) is 5.32 Å². The number of nitrogens with zero attached hydrogens (tertiary/aromatic N) is 2. The maximum Gasteiger partial charge on any atom is 0.264 e. The highest BCUT2D eigenvalue weighted by Crippen LogP contribution is 2.29. The number of benzene rings is 4. The van der Waals surface area contributed by atoms with Crippen LogP contribution in [0.3, 0.4) is 0 Å². The Bertz CT molecular complexity index is 1650. The summed E-state index contributed by atoms with van der Waals surface area (Å²) in [5.74, 6) is -0.890. The fourth-order valence-electron chi connectivity index (χ4n) is 4.79. The second-order valence-corrected chi connectivity index (χ2v) is 12.3. The molecule has 4 aromatic carbocycles. The smallest absolute Gasteiger partial charge is 0.264 e. The van der Waals surface area contributed by atoms with Crippen LogP contribution in [0, 0.1) is 13.8 Å². The third-order valence-electron chi connectivity index (χ3n) is 7.21. The Morgan fingerprint density at radius 1 is 0.833 bits per heavy atom. The second kappa shape index (κ2) is 13.7. The summed E-state index contributed by atoms with van der Waals surface area (Å²) < 4.78 is 29.3. The summed E-state index contributed by atoms with van der Waals surface area (Å²) in [4.78, 5) is 29.2. The van der Waals surface area contributed by atoms with Gasteiger partial charge in [0.25, 0.3) is 10.0 Å². The Morgan fingerprint density at radius 3 is 2.10 bits per heavy atom. The van der Waals surface area contributed by atoms with Crippen LogP contribution in [-0.4, -0.2) is 44.8 Å². The highest BCUT2D eigenvalue weighted by molar-refractivity contribution is 7.92. The van der Waals surface area contributed by atoms with Gasteiger partial charge in [-0.1, -0.05) is 84.4 Å². The molecule has 4 rings (SSSR count). The van der Waals surface area contributed by atoms with Crippen LogP contribution in [0.25, 0.3) is 0 Å². The summed E-state index contributed by atoms with van der Waals surface area (Å²) in [7, 11) is -2.63. The molecule has 218 valence electrons. The van der Waals surface area contributed by atoms with E-state index in [1.165, 1.54) is 24.1 Å². The van der Waals surface area contributed by atoms with E-state index in [4.69, 9.17) is 11.6 Å². The van der Waals surface area contributed by atoms with Gasteiger partial charge in [-0.15, -0.1) is 0 Å². The predicted molar refractivity (Wildman–Crippen MR) is 167 cm³/mol. The maximum atomic E-state index is 14.3. The summed E-state index contributed by atoms with van der Waals surface area (Å²) in [5.41, 5.74) is 3.59. The Balaban J connectivity index is 1.81. The summed E-state index contributed by atoms with van der Waals surface area (Å²) in [5, 5.41) is 3.17. The molecule has 42 heavy (non-hydrogen) atoms. The Kier molecular flexibility index (Phi) is 10.0. The largest absolute Gasteiger partial charge is 0.357 e. The lowest BCUT2D eigenvalue weighted by Gasteiger charge is -2.34. The van der Waals surface area contributed by atoms with Gasteiger partial charge in [-0.05, 0) is 66.4 Å². The standard InChI is InChI=1S/C33H34ClN3O4S/c1-24-12-10-19-30(25(24)2)37(42(40,41)29-17-8-5-9-18-29)23-32(38)36(22-27-15-11-16-28(34)20-27)31(33(39)35-3)21-26-13-6-4-7-14-26/h4-20,31H,21-23H2,1-3H3,(H,35,39)/t31-/m1/s1. The first-order valence-corrected chi connectivity index (χ1v) is 15.4. The molecule has 2 amide bonds. The molecular weight excluding hydrogens is 570 g/mol. The number of aryl methyl sites for hydroxylation is 1. The number of carbonyl (C=O) groups is 2. The van der Waals surface area contributed by atoms with Crippen LogP contribution in [0.5, 0.6) is 0 Å². The fourth-order valence-corrected chi connectivity index (χ4v) is 6.50. The minimum atomic E-state index is -4.15. The van der Waals surface area contributed by atoms with Crippen molar-refractivity contribution in [2.24, 2.45) is 0 Å². The van der Waals surface area contributed by atoms with Crippen molar-refractivity contribution in [2.45, 2.75) is 37.8 Å². The predicted octanol–water partition coefficient (Wildman–Crippen LogP) is 5.54. The van der Waals surface area contributed by atoms with Crippen LogP contribution in [0.2, 0.25) is 5.02 Å². The normalized spacial score (nSPS) is 11.9. The summed E-state index contributed by atoms with van der Waals surface area (Å²) in [6.45, 7) is 3.26. The van der Waals surface area contributed by atoms with E-state index in [1.54, 1.807) is 48.5 Å². The third kappa shape index (κ3) is 7.19. The Morgan fingerprint density at radius 2 is 1.45 bits per heavy atom. The lowest BCUT2D eigenvalue weighted by Crippen LogP contribution is -2.53. The molecule has 9 heteroatoms. The molecule has 0 saturated heterocycles. The highest BCUT2D eigenvalue weighted by atomic mass is 35.5. The van der Waals surface area contributed by atoms with Crippen molar-refractivity contribution in [1.29, 1.82) is 0 Å². The van der Waals surface area contributed by atoms with Crippen molar-refractivity contribution < 1.29 is 18.0 Å². The summed E-state index contributed by atoms with van der Waals surface area (Å²) >= 11 is 6.26. The molecule has 0 radical (unpaired) electrons. The number of hydrogen-bond donors (Lipinski definition) is 1. The van der Waals surface area contributed by atoms with E-state index < -0.39 is 28.5 Å². The van der Waals surface area contributed by atoms with Crippen molar-refractivity contribution in [3.05, 3.63) is 130 Å². The first-order chi connectivity index (χ1) is 20.1.